The van der Waals surface area contributed by atoms with Gasteiger partial charge in [-0.1, -0.05) is 30.7 Å². The number of fused-ring (bicyclic) bond motifs is 5. The van der Waals surface area contributed by atoms with E-state index in [1.165, 1.54) is 16.7 Å². The molecule has 4 bridgehead atoms. The van der Waals surface area contributed by atoms with Gasteiger partial charge in [0.2, 0.25) is 10.0 Å². The third-order valence-corrected chi connectivity index (χ3v) is 12.3. The van der Waals surface area contributed by atoms with Crippen LogP contribution < -0.4 is 14.4 Å². The van der Waals surface area contributed by atoms with Crippen molar-refractivity contribution in [1.82, 2.24) is 4.72 Å². The summed E-state index contributed by atoms with van der Waals surface area (Å²) < 4.78 is 41.5. The number of ether oxygens (including phenoxy) is 2. The second-order valence-corrected chi connectivity index (χ2v) is 15.1. The summed E-state index contributed by atoms with van der Waals surface area (Å²) in [5.41, 5.74) is 4.80. The van der Waals surface area contributed by atoms with Crippen LogP contribution in [-0.2, 0) is 27.7 Å². The number of hydrogen-bond acceptors (Lipinski definition) is 6. The van der Waals surface area contributed by atoms with E-state index in [4.69, 9.17) is 21.1 Å². The number of hydrogen-bond donors (Lipinski definition) is 1. The normalized spacial score (nSPS) is 31.0. The number of methoxy groups -OCH3 is 1. The Kier molecular flexibility index (Phi) is 8.33. The number of sulfonamides is 1. The van der Waals surface area contributed by atoms with Gasteiger partial charge in [0.25, 0.3) is 5.91 Å². The number of carbonyl (C=O) groups excluding carboxylic acids is 1. The quantitative estimate of drug-likeness (QED) is 0.389. The first-order valence-electron chi connectivity index (χ1n) is 15.2. The lowest BCUT2D eigenvalue weighted by atomic mass is 9.64. The van der Waals surface area contributed by atoms with Gasteiger partial charge < -0.3 is 14.4 Å². The SMILES string of the molecule is CO[C@H]1C2=C[C@@H](C2)[C@H](C)[C@@H](C)S(=O)(=O)NC(=O)c2ccc3c(c2)N(Cc2ccc(Cl)cc2CCCCO3)C[C@@H]2CC[C@H]21. The molecule has 42 heavy (non-hydrogen) atoms. The van der Waals surface area contributed by atoms with E-state index in [0.29, 0.717) is 36.3 Å². The maximum atomic E-state index is 13.4. The van der Waals surface area contributed by atoms with Crippen LogP contribution in [0, 0.1) is 23.7 Å². The number of allylic oxidation sites excluding steroid dienone is 1. The topological polar surface area (TPSA) is 84.9 Å². The number of benzene rings is 2. The molecule has 0 aromatic heterocycles. The smallest absolute Gasteiger partial charge is 0.264 e. The van der Waals surface area contributed by atoms with Gasteiger partial charge in [0, 0.05) is 30.8 Å². The van der Waals surface area contributed by atoms with Gasteiger partial charge in [-0.25, -0.2) is 13.1 Å². The van der Waals surface area contributed by atoms with E-state index in [0.717, 1.165) is 55.8 Å². The van der Waals surface area contributed by atoms with Crippen molar-refractivity contribution >= 4 is 33.2 Å². The van der Waals surface area contributed by atoms with Crippen molar-refractivity contribution < 1.29 is 22.7 Å². The predicted octanol–water partition coefficient (Wildman–Crippen LogP) is 6.15. The molecule has 1 amide bonds. The minimum absolute atomic E-state index is 0.0313. The maximum Gasteiger partial charge on any atom is 0.264 e. The van der Waals surface area contributed by atoms with Gasteiger partial charge >= 0.3 is 0 Å². The van der Waals surface area contributed by atoms with Crippen molar-refractivity contribution in [3.63, 3.8) is 0 Å². The molecule has 7 rings (SSSR count). The van der Waals surface area contributed by atoms with E-state index in [1.807, 2.05) is 19.1 Å². The van der Waals surface area contributed by atoms with Crippen LogP contribution >= 0.6 is 11.6 Å². The minimum atomic E-state index is -3.90. The van der Waals surface area contributed by atoms with Crippen molar-refractivity contribution in [3.8, 4) is 5.75 Å². The molecule has 6 atom stereocenters. The Bertz CT molecular complexity index is 1490. The molecule has 0 radical (unpaired) electrons. The van der Waals surface area contributed by atoms with E-state index < -0.39 is 21.2 Å². The summed E-state index contributed by atoms with van der Waals surface area (Å²) >= 11 is 6.42. The largest absolute Gasteiger partial charge is 0.491 e. The number of carbonyl (C=O) groups is 1. The molecule has 5 aliphatic rings. The van der Waals surface area contributed by atoms with Gasteiger partial charge in [-0.15, -0.1) is 0 Å². The van der Waals surface area contributed by atoms with Crippen molar-refractivity contribution in [3.05, 3.63) is 69.8 Å². The molecular formula is C33H41ClN2O5S. The second kappa shape index (κ2) is 11.9. The summed E-state index contributed by atoms with van der Waals surface area (Å²) in [6.07, 6.45) is 8.06. The zero-order valence-corrected chi connectivity index (χ0v) is 26.2. The van der Waals surface area contributed by atoms with E-state index in [1.54, 1.807) is 26.2 Å². The van der Waals surface area contributed by atoms with Gasteiger partial charge in [-0.05, 0) is 116 Å². The van der Waals surface area contributed by atoms with E-state index >= 15 is 0 Å². The summed E-state index contributed by atoms with van der Waals surface area (Å²) in [6, 6.07) is 11.4. The van der Waals surface area contributed by atoms with Crippen LogP contribution in [0.4, 0.5) is 5.69 Å². The molecule has 1 saturated carbocycles. The molecule has 2 aromatic rings. The molecular weight excluding hydrogens is 572 g/mol. The zero-order chi connectivity index (χ0) is 29.6. The Morgan fingerprint density at radius 3 is 2.62 bits per heavy atom. The summed E-state index contributed by atoms with van der Waals surface area (Å²) in [7, 11) is -2.10. The summed E-state index contributed by atoms with van der Waals surface area (Å²) in [4.78, 5) is 15.8. The minimum Gasteiger partial charge on any atom is -0.491 e. The summed E-state index contributed by atoms with van der Waals surface area (Å²) in [6.45, 7) is 5.62. The fourth-order valence-electron chi connectivity index (χ4n) is 7.14. The van der Waals surface area contributed by atoms with Crippen molar-refractivity contribution in [2.75, 3.05) is 25.2 Å². The first-order chi connectivity index (χ1) is 20.1. The number of amides is 1. The van der Waals surface area contributed by atoms with Crippen molar-refractivity contribution in [2.45, 2.75) is 70.3 Å². The summed E-state index contributed by atoms with van der Waals surface area (Å²) in [5.74, 6) is 0.889. The van der Waals surface area contributed by atoms with E-state index in [-0.39, 0.29) is 17.9 Å². The molecule has 1 N–H and O–H groups in total. The van der Waals surface area contributed by atoms with Crippen LogP contribution in [0.3, 0.4) is 0 Å². The lowest BCUT2D eigenvalue weighted by Crippen LogP contribution is -2.47. The molecule has 0 unspecified atom stereocenters. The number of aryl methyl sites for hydroxylation is 1. The third kappa shape index (κ3) is 5.70. The van der Waals surface area contributed by atoms with Crippen molar-refractivity contribution in [2.24, 2.45) is 23.7 Å². The highest BCUT2D eigenvalue weighted by Gasteiger charge is 2.44. The Balaban J connectivity index is 1.45. The molecule has 226 valence electrons. The van der Waals surface area contributed by atoms with Crippen molar-refractivity contribution in [1.29, 1.82) is 0 Å². The zero-order valence-electron chi connectivity index (χ0n) is 24.6. The van der Waals surface area contributed by atoms with Gasteiger partial charge in [0.1, 0.15) is 5.75 Å². The average Bonchev–Trinajstić information content (AvgIpc) is 2.95. The van der Waals surface area contributed by atoms with Gasteiger partial charge in [0.05, 0.1) is 23.6 Å². The molecule has 2 aliphatic carbocycles. The second-order valence-electron chi connectivity index (χ2n) is 12.6. The maximum absolute atomic E-state index is 13.4. The number of anilines is 1. The highest BCUT2D eigenvalue weighted by atomic mass is 35.5. The highest BCUT2D eigenvalue weighted by molar-refractivity contribution is 7.90. The van der Waals surface area contributed by atoms with Gasteiger partial charge in [-0.2, -0.15) is 0 Å². The number of nitrogens with zero attached hydrogens (tertiary/aromatic N) is 1. The standard InChI is InChI=1S/C33H41ClN2O5S/c1-20-21(2)42(38,39)35-33(37)23-9-12-31-30(17-23)36(18-24-7-10-28(34)16-22(24)6-4-5-13-41-31)19-25-8-11-29(25)32(40-3)27-14-26(20)15-27/h7,9-10,12,14,16-17,20-21,25-26,29,32H,4-6,8,11,13,15,18-19H2,1-3H3,(H,35,37)/t20-,21-,25+,26+,29-,32+/m1/s1. The highest BCUT2D eigenvalue weighted by Crippen LogP contribution is 2.47. The molecule has 2 aromatic carbocycles. The Hall–Kier alpha value is -2.55. The van der Waals surface area contributed by atoms with Gasteiger partial charge in [0.15, 0.2) is 0 Å². The Morgan fingerprint density at radius 1 is 1.07 bits per heavy atom. The molecule has 0 spiro atoms. The molecule has 0 saturated heterocycles. The van der Waals surface area contributed by atoms with Crippen LogP contribution in [0.1, 0.15) is 67.4 Å². The lowest BCUT2D eigenvalue weighted by Gasteiger charge is -2.47. The van der Waals surface area contributed by atoms with Crippen LogP contribution in [0.25, 0.3) is 0 Å². The van der Waals surface area contributed by atoms with Crippen LogP contribution in [-0.4, -0.2) is 45.9 Å². The van der Waals surface area contributed by atoms with Crippen LogP contribution in [0.15, 0.2) is 48.0 Å². The first-order valence-corrected chi connectivity index (χ1v) is 17.2. The molecule has 3 aliphatic heterocycles. The number of nitrogens with one attached hydrogen (secondary N) is 1. The molecule has 3 heterocycles. The molecule has 9 heteroatoms. The molecule has 1 fully saturated rings. The van der Waals surface area contributed by atoms with E-state index in [2.05, 4.69) is 27.8 Å². The first kappa shape index (κ1) is 29.5. The lowest BCUT2D eigenvalue weighted by molar-refractivity contribution is -0.000330. The van der Waals surface area contributed by atoms with Crippen LogP contribution in [0.5, 0.6) is 5.75 Å². The summed E-state index contributed by atoms with van der Waals surface area (Å²) in [5, 5.41) is 0.00385. The predicted molar refractivity (Wildman–Crippen MR) is 166 cm³/mol. The fraction of sp³-hybridized carbons (Fsp3) is 0.545. The monoisotopic (exact) mass is 612 g/mol. The van der Waals surface area contributed by atoms with Crippen LogP contribution in [0.2, 0.25) is 5.02 Å². The Morgan fingerprint density at radius 2 is 1.88 bits per heavy atom. The fourth-order valence-corrected chi connectivity index (χ4v) is 8.66. The third-order valence-electron chi connectivity index (χ3n) is 10.2. The van der Waals surface area contributed by atoms with E-state index in [9.17, 15) is 13.2 Å². The number of halogens is 1. The Labute approximate surface area is 254 Å². The average molecular weight is 613 g/mol. The molecule has 7 nitrogen and oxygen atoms in total. The van der Waals surface area contributed by atoms with Gasteiger partial charge in [-0.3, -0.25) is 4.79 Å². The number of rotatable bonds is 1.